The van der Waals surface area contributed by atoms with E-state index in [0.29, 0.717) is 22.4 Å². The summed E-state index contributed by atoms with van der Waals surface area (Å²) in [6.45, 7) is 6.07. The van der Waals surface area contributed by atoms with Crippen molar-refractivity contribution >= 4 is 22.4 Å². The fourth-order valence-corrected chi connectivity index (χ4v) is 3.19. The Hall–Kier alpha value is -2.61. The van der Waals surface area contributed by atoms with Gasteiger partial charge in [0.25, 0.3) is 5.91 Å². The SMILES string of the molecule is Cc1c(C(=O)Nc2nnc(CC(C)C)s2)cnn1-c1ccccn1. The van der Waals surface area contributed by atoms with Gasteiger partial charge in [-0.1, -0.05) is 31.3 Å². The second-order valence-electron chi connectivity index (χ2n) is 5.80. The molecular weight excluding hydrogens is 324 g/mol. The number of carbonyl (C=O) groups is 1. The molecule has 3 rings (SSSR count). The normalized spacial score (nSPS) is 11.0. The summed E-state index contributed by atoms with van der Waals surface area (Å²) >= 11 is 1.40. The Bertz CT molecular complexity index is 839. The van der Waals surface area contributed by atoms with Gasteiger partial charge in [-0.2, -0.15) is 5.10 Å². The predicted octanol–water partition coefficient (Wildman–Crippen LogP) is 2.88. The van der Waals surface area contributed by atoms with Gasteiger partial charge in [0, 0.05) is 12.6 Å². The summed E-state index contributed by atoms with van der Waals surface area (Å²) in [5.74, 6) is 0.923. The van der Waals surface area contributed by atoms with Crippen LogP contribution in [0.3, 0.4) is 0 Å². The highest BCUT2D eigenvalue weighted by atomic mass is 32.1. The molecular formula is C16H18N6OS. The summed E-state index contributed by atoms with van der Waals surface area (Å²) in [6, 6.07) is 5.55. The van der Waals surface area contributed by atoms with Crippen molar-refractivity contribution in [1.29, 1.82) is 0 Å². The molecule has 3 heterocycles. The lowest BCUT2D eigenvalue weighted by atomic mass is 10.1. The van der Waals surface area contributed by atoms with Crippen LogP contribution in [0, 0.1) is 12.8 Å². The van der Waals surface area contributed by atoms with E-state index < -0.39 is 0 Å². The van der Waals surface area contributed by atoms with Gasteiger partial charge in [0.15, 0.2) is 5.82 Å². The first-order valence-corrected chi connectivity index (χ1v) is 8.46. The number of carbonyl (C=O) groups excluding carboxylic acids is 1. The Labute approximate surface area is 143 Å². The molecule has 0 atom stereocenters. The van der Waals surface area contributed by atoms with Crippen molar-refractivity contribution in [2.75, 3.05) is 5.32 Å². The minimum Gasteiger partial charge on any atom is -0.296 e. The predicted molar refractivity (Wildman–Crippen MR) is 92.5 cm³/mol. The maximum Gasteiger partial charge on any atom is 0.260 e. The average molecular weight is 342 g/mol. The second-order valence-corrected chi connectivity index (χ2v) is 6.86. The molecule has 0 aliphatic heterocycles. The van der Waals surface area contributed by atoms with Crippen LogP contribution in [0.15, 0.2) is 30.6 Å². The van der Waals surface area contributed by atoms with E-state index in [4.69, 9.17) is 0 Å². The quantitative estimate of drug-likeness (QED) is 0.770. The summed E-state index contributed by atoms with van der Waals surface area (Å²) in [4.78, 5) is 16.7. The number of hydrogen-bond acceptors (Lipinski definition) is 6. The highest BCUT2D eigenvalue weighted by molar-refractivity contribution is 7.15. The summed E-state index contributed by atoms with van der Waals surface area (Å²) in [7, 11) is 0. The van der Waals surface area contributed by atoms with Gasteiger partial charge < -0.3 is 0 Å². The lowest BCUT2D eigenvalue weighted by molar-refractivity contribution is 0.102. The molecule has 124 valence electrons. The van der Waals surface area contributed by atoms with Crippen LogP contribution in [0.4, 0.5) is 5.13 Å². The molecule has 0 spiro atoms. The van der Waals surface area contributed by atoms with Crippen molar-refractivity contribution in [1.82, 2.24) is 25.0 Å². The highest BCUT2D eigenvalue weighted by Crippen LogP contribution is 2.20. The molecule has 24 heavy (non-hydrogen) atoms. The van der Waals surface area contributed by atoms with Gasteiger partial charge in [-0.05, 0) is 25.0 Å². The third-order valence-electron chi connectivity index (χ3n) is 3.39. The van der Waals surface area contributed by atoms with Gasteiger partial charge in [-0.25, -0.2) is 9.67 Å². The van der Waals surface area contributed by atoms with Gasteiger partial charge in [-0.15, -0.1) is 10.2 Å². The lowest BCUT2D eigenvalue weighted by Gasteiger charge is -2.04. The number of amides is 1. The van der Waals surface area contributed by atoms with Crippen LogP contribution in [-0.4, -0.2) is 30.9 Å². The standard InChI is InChI=1S/C16H18N6OS/c1-10(2)8-14-20-21-16(24-14)19-15(23)12-9-18-22(11(12)3)13-6-4-5-7-17-13/h4-7,9-10H,8H2,1-3H3,(H,19,21,23). The zero-order chi connectivity index (χ0) is 17.1. The molecule has 0 radical (unpaired) electrons. The number of anilines is 1. The molecule has 3 aromatic rings. The zero-order valence-electron chi connectivity index (χ0n) is 13.7. The van der Waals surface area contributed by atoms with Crippen LogP contribution < -0.4 is 5.32 Å². The Morgan fingerprint density at radius 1 is 1.33 bits per heavy atom. The minimum atomic E-state index is -0.248. The van der Waals surface area contributed by atoms with E-state index in [0.717, 1.165) is 17.1 Å². The molecule has 7 nitrogen and oxygen atoms in total. The number of nitrogens with zero attached hydrogens (tertiary/aromatic N) is 5. The van der Waals surface area contributed by atoms with Crippen LogP contribution >= 0.6 is 11.3 Å². The van der Waals surface area contributed by atoms with Crippen LogP contribution in [-0.2, 0) is 6.42 Å². The van der Waals surface area contributed by atoms with Crippen LogP contribution in [0.2, 0.25) is 0 Å². The molecule has 1 amide bonds. The van der Waals surface area contributed by atoms with Gasteiger partial charge in [0.1, 0.15) is 5.01 Å². The van der Waals surface area contributed by atoms with Crippen LogP contribution in [0.25, 0.3) is 5.82 Å². The number of nitrogens with one attached hydrogen (secondary N) is 1. The monoisotopic (exact) mass is 342 g/mol. The molecule has 1 N–H and O–H groups in total. The van der Waals surface area contributed by atoms with Crippen molar-refractivity contribution < 1.29 is 4.79 Å². The second kappa shape index (κ2) is 6.88. The Morgan fingerprint density at radius 3 is 2.88 bits per heavy atom. The van der Waals surface area contributed by atoms with Crippen molar-refractivity contribution in [3.8, 4) is 5.82 Å². The molecule has 0 fully saturated rings. The van der Waals surface area contributed by atoms with Gasteiger partial charge >= 0.3 is 0 Å². The summed E-state index contributed by atoms with van der Waals surface area (Å²) in [6.07, 6.45) is 4.08. The third kappa shape index (κ3) is 3.48. The zero-order valence-corrected chi connectivity index (χ0v) is 14.5. The van der Waals surface area contributed by atoms with Gasteiger partial charge in [-0.3, -0.25) is 10.1 Å². The van der Waals surface area contributed by atoms with Crippen LogP contribution in [0.1, 0.15) is 34.9 Å². The molecule has 0 saturated carbocycles. The van der Waals surface area contributed by atoms with Gasteiger partial charge in [0.05, 0.1) is 17.5 Å². The van der Waals surface area contributed by atoms with E-state index in [1.807, 2.05) is 25.1 Å². The fourth-order valence-electron chi connectivity index (χ4n) is 2.24. The molecule has 0 saturated heterocycles. The van der Waals surface area contributed by atoms with E-state index >= 15 is 0 Å². The Morgan fingerprint density at radius 2 is 2.17 bits per heavy atom. The first kappa shape index (κ1) is 16.3. The molecule has 0 aliphatic carbocycles. The van der Waals surface area contributed by atoms with E-state index in [9.17, 15) is 4.79 Å². The smallest absolute Gasteiger partial charge is 0.260 e. The largest absolute Gasteiger partial charge is 0.296 e. The van der Waals surface area contributed by atoms with Crippen molar-refractivity contribution in [2.45, 2.75) is 27.2 Å². The summed E-state index contributed by atoms with van der Waals surface area (Å²) in [5, 5.41) is 16.6. The van der Waals surface area contributed by atoms with E-state index in [-0.39, 0.29) is 5.91 Å². The number of aromatic nitrogens is 5. The maximum atomic E-state index is 12.5. The van der Waals surface area contributed by atoms with E-state index in [2.05, 4.69) is 39.4 Å². The maximum absolute atomic E-state index is 12.5. The van der Waals surface area contributed by atoms with Gasteiger partial charge in [0.2, 0.25) is 5.13 Å². The van der Waals surface area contributed by atoms with Crippen molar-refractivity contribution in [3.63, 3.8) is 0 Å². The summed E-state index contributed by atoms with van der Waals surface area (Å²) in [5.41, 5.74) is 1.21. The van der Waals surface area contributed by atoms with Crippen LogP contribution in [0.5, 0.6) is 0 Å². The average Bonchev–Trinajstić information content (AvgIpc) is 3.14. The molecule has 8 heteroatoms. The third-order valence-corrected chi connectivity index (χ3v) is 4.25. The molecule has 0 aromatic carbocycles. The Kier molecular flexibility index (Phi) is 4.66. The number of hydrogen-bond donors (Lipinski definition) is 1. The van der Waals surface area contributed by atoms with Crippen molar-refractivity contribution in [3.05, 3.63) is 46.9 Å². The lowest BCUT2D eigenvalue weighted by Crippen LogP contribution is -2.13. The summed E-state index contributed by atoms with van der Waals surface area (Å²) < 4.78 is 1.64. The molecule has 0 aliphatic rings. The fraction of sp³-hybridized carbons (Fsp3) is 0.312. The molecule has 0 unspecified atom stereocenters. The Balaban J connectivity index is 1.76. The first-order valence-electron chi connectivity index (χ1n) is 7.64. The van der Waals surface area contributed by atoms with E-state index in [1.165, 1.54) is 17.5 Å². The molecule has 3 aromatic heterocycles. The van der Waals surface area contributed by atoms with Crippen molar-refractivity contribution in [2.24, 2.45) is 5.92 Å². The molecule has 0 bridgehead atoms. The first-order chi connectivity index (χ1) is 11.5. The number of rotatable bonds is 5. The topological polar surface area (TPSA) is 85.6 Å². The minimum absolute atomic E-state index is 0.248. The number of pyridine rings is 1. The highest BCUT2D eigenvalue weighted by Gasteiger charge is 2.17. The van der Waals surface area contributed by atoms with E-state index in [1.54, 1.807) is 10.9 Å².